The van der Waals surface area contributed by atoms with Crippen molar-refractivity contribution in [2.75, 3.05) is 9.80 Å². The topological polar surface area (TPSA) is 6.48 Å². The number of hydrogen-bond donors (Lipinski definition) is 0. The first kappa shape index (κ1) is 45.5. The maximum atomic E-state index is 2.73. The Bertz CT molecular complexity index is 3600. The molecule has 4 aliphatic rings. The van der Waals surface area contributed by atoms with E-state index in [1.54, 1.807) is 0 Å². The van der Waals surface area contributed by atoms with E-state index in [1.807, 2.05) is 0 Å². The molecule has 2 nitrogen and oxygen atoms in total. The summed E-state index contributed by atoms with van der Waals surface area (Å²) in [7, 11) is 0. The largest absolute Gasteiger partial charge is 0.334 e. The van der Waals surface area contributed by atoms with Gasteiger partial charge in [0.05, 0.1) is 11.1 Å². The molecule has 4 atom stereocenters. The average Bonchev–Trinajstić information content (AvgIpc) is 3.90. The molecule has 14 rings (SSSR count). The van der Waals surface area contributed by atoms with Gasteiger partial charge in [-0.25, -0.2) is 0 Å². The van der Waals surface area contributed by atoms with E-state index in [0.717, 1.165) is 12.8 Å². The van der Waals surface area contributed by atoms with Crippen molar-refractivity contribution in [3.05, 3.63) is 205 Å². The molecule has 2 fully saturated rings. The second-order valence-electron chi connectivity index (χ2n) is 24.8. The van der Waals surface area contributed by atoms with Crippen LogP contribution in [0.25, 0.3) is 76.8 Å². The minimum absolute atomic E-state index is 0.0582. The first-order valence-corrected chi connectivity index (χ1v) is 27.6. The third-order valence-electron chi connectivity index (χ3n) is 21.0. The molecule has 4 unspecified atom stereocenters. The molecule has 2 aliphatic heterocycles. The van der Waals surface area contributed by atoms with Gasteiger partial charge in [-0.3, -0.25) is 0 Å². The van der Waals surface area contributed by atoms with E-state index in [4.69, 9.17) is 0 Å². The van der Waals surface area contributed by atoms with Crippen molar-refractivity contribution in [2.24, 2.45) is 10.8 Å². The molecular weight excluding hydrogens is 893 g/mol. The highest BCUT2D eigenvalue weighted by atomic mass is 15.3. The van der Waals surface area contributed by atoms with Gasteiger partial charge in [-0.2, -0.15) is 0 Å². The first-order chi connectivity index (χ1) is 35.7. The Labute approximate surface area is 439 Å². The summed E-state index contributed by atoms with van der Waals surface area (Å²) in [6.07, 6.45) is 7.18. The zero-order chi connectivity index (χ0) is 50.6. The summed E-state index contributed by atoms with van der Waals surface area (Å²) in [5, 5.41) is 7.92. The Kier molecular flexibility index (Phi) is 9.64. The van der Waals surface area contributed by atoms with Crippen molar-refractivity contribution in [3.8, 4) is 44.5 Å². The Balaban J connectivity index is 1.04. The van der Waals surface area contributed by atoms with E-state index in [9.17, 15) is 0 Å². The highest BCUT2D eigenvalue weighted by Crippen LogP contribution is 2.68. The molecule has 0 radical (unpaired) electrons. The summed E-state index contributed by atoms with van der Waals surface area (Å²) in [4.78, 5) is 5.46. The molecule has 0 bridgehead atoms. The molecule has 2 heterocycles. The number of rotatable bonds is 6. The molecule has 0 N–H and O–H groups in total. The number of fused-ring (bicyclic) bond motifs is 6. The van der Waals surface area contributed by atoms with Crippen LogP contribution in [0.3, 0.4) is 0 Å². The van der Waals surface area contributed by atoms with Crippen LogP contribution >= 0.6 is 0 Å². The Morgan fingerprint density at radius 2 is 0.635 bits per heavy atom. The molecule has 10 aromatic carbocycles. The highest BCUT2D eigenvalue weighted by Gasteiger charge is 2.66. The molecule has 0 saturated heterocycles. The van der Waals surface area contributed by atoms with Crippen molar-refractivity contribution in [3.63, 3.8) is 0 Å². The fourth-order valence-electron chi connectivity index (χ4n) is 16.4. The van der Waals surface area contributed by atoms with Gasteiger partial charge in [-0.05, 0) is 199 Å². The minimum Gasteiger partial charge on any atom is -0.334 e. The van der Waals surface area contributed by atoms with Crippen LogP contribution in [-0.4, -0.2) is 11.1 Å². The van der Waals surface area contributed by atoms with Gasteiger partial charge in [-0.1, -0.05) is 188 Å². The SMILES string of the molecule is CC1(C)CCCC2(C)c3cc(-c4cc(-c5ccccc5)c5ccc6c(-c7ccc8c(c7)C7(C)CCCC(C)(C)C7(C)N8c7ccccc7)cc(-c7ccccc7)c7ccc4c5c76)ccc3N(c3ccccc3)C12C. The second-order valence-corrected chi connectivity index (χ2v) is 24.8. The van der Waals surface area contributed by atoms with Crippen LogP contribution in [0.2, 0.25) is 0 Å². The predicted molar refractivity (Wildman–Crippen MR) is 316 cm³/mol. The van der Waals surface area contributed by atoms with Gasteiger partial charge < -0.3 is 9.80 Å². The summed E-state index contributed by atoms with van der Waals surface area (Å²) in [6.45, 7) is 20.4. The molecular formula is C72H68N2. The van der Waals surface area contributed by atoms with Crippen molar-refractivity contribution in [1.29, 1.82) is 0 Å². The standard InChI is InChI=1S/C72H68N2/c1-67(2)39-21-41-69(5)61-43-49(31-37-63(61)73(71(67,69)7)51-27-17-11-18-28-51)59-45-57(47-23-13-9-14-24-47)53-34-36-56-60(46-58(48-25-15-10-16-26-48)54-33-35-55(59)65(53)66(54)56)50-32-38-64-62(44-50)70(6)42-22-40-68(3,4)72(70,8)74(64)52-29-19-12-20-30-52/h9-20,23-38,43-46H,21-22,39-42H2,1-8H3. The molecule has 74 heavy (non-hydrogen) atoms. The third kappa shape index (κ3) is 5.83. The number of para-hydroxylation sites is 2. The van der Waals surface area contributed by atoms with E-state index in [0.29, 0.717) is 0 Å². The molecule has 2 aliphatic carbocycles. The van der Waals surface area contributed by atoms with Gasteiger partial charge in [0.15, 0.2) is 0 Å². The summed E-state index contributed by atoms with van der Waals surface area (Å²) in [6, 6.07) is 74.6. The lowest BCUT2D eigenvalue weighted by Gasteiger charge is -2.59. The van der Waals surface area contributed by atoms with E-state index in [1.165, 1.54) is 136 Å². The third-order valence-corrected chi connectivity index (χ3v) is 21.0. The second kappa shape index (κ2) is 15.7. The molecule has 366 valence electrons. The van der Waals surface area contributed by atoms with Crippen LogP contribution in [0.5, 0.6) is 0 Å². The van der Waals surface area contributed by atoms with Crippen molar-refractivity contribution in [1.82, 2.24) is 0 Å². The lowest BCUT2D eigenvalue weighted by molar-refractivity contribution is 0.0484. The van der Waals surface area contributed by atoms with Crippen molar-refractivity contribution in [2.45, 2.75) is 116 Å². The van der Waals surface area contributed by atoms with E-state index < -0.39 is 0 Å². The van der Waals surface area contributed by atoms with Gasteiger partial charge in [0.2, 0.25) is 0 Å². The van der Waals surface area contributed by atoms with E-state index in [2.05, 4.69) is 259 Å². The summed E-state index contributed by atoms with van der Waals surface area (Å²) in [5.74, 6) is 0. The van der Waals surface area contributed by atoms with Gasteiger partial charge in [0, 0.05) is 33.6 Å². The zero-order valence-corrected chi connectivity index (χ0v) is 44.6. The highest BCUT2D eigenvalue weighted by molar-refractivity contribution is 6.32. The van der Waals surface area contributed by atoms with Gasteiger partial charge >= 0.3 is 0 Å². The van der Waals surface area contributed by atoms with Crippen LogP contribution in [0.4, 0.5) is 22.7 Å². The molecule has 0 spiro atoms. The van der Waals surface area contributed by atoms with Crippen LogP contribution < -0.4 is 9.80 Å². The van der Waals surface area contributed by atoms with Gasteiger partial charge in [-0.15, -0.1) is 0 Å². The number of hydrogen-bond acceptors (Lipinski definition) is 2. The molecule has 0 aromatic heterocycles. The quantitative estimate of drug-likeness (QED) is 0.153. The van der Waals surface area contributed by atoms with Crippen molar-refractivity contribution >= 4 is 55.1 Å². The van der Waals surface area contributed by atoms with Crippen LogP contribution in [0.15, 0.2) is 194 Å². The average molecular weight is 961 g/mol. The summed E-state index contributed by atoms with van der Waals surface area (Å²) in [5.41, 5.74) is 18.2. The van der Waals surface area contributed by atoms with Crippen LogP contribution in [-0.2, 0) is 10.8 Å². The molecule has 0 amide bonds. The lowest BCUT2D eigenvalue weighted by atomic mass is 9.51. The van der Waals surface area contributed by atoms with Crippen LogP contribution in [0.1, 0.15) is 105 Å². The maximum absolute atomic E-state index is 2.73. The van der Waals surface area contributed by atoms with Crippen LogP contribution in [0, 0.1) is 10.8 Å². The Hall–Kier alpha value is -7.16. The van der Waals surface area contributed by atoms with E-state index in [-0.39, 0.29) is 32.7 Å². The van der Waals surface area contributed by atoms with Crippen molar-refractivity contribution < 1.29 is 0 Å². The maximum Gasteiger partial charge on any atom is 0.0568 e. The molecule has 2 saturated carbocycles. The van der Waals surface area contributed by atoms with Gasteiger partial charge in [0.1, 0.15) is 0 Å². The lowest BCUT2D eigenvalue weighted by Crippen LogP contribution is -2.64. The number of anilines is 4. The fourth-order valence-corrected chi connectivity index (χ4v) is 16.4. The Morgan fingerprint density at radius 1 is 0.311 bits per heavy atom. The number of nitrogens with zero attached hydrogens (tertiary/aromatic N) is 2. The summed E-state index contributed by atoms with van der Waals surface area (Å²) < 4.78 is 0. The Morgan fingerprint density at radius 3 is 0.986 bits per heavy atom. The van der Waals surface area contributed by atoms with Gasteiger partial charge in [0.25, 0.3) is 0 Å². The molecule has 10 aromatic rings. The normalized spacial score (nSPS) is 24.5. The summed E-state index contributed by atoms with van der Waals surface area (Å²) >= 11 is 0. The van der Waals surface area contributed by atoms with E-state index >= 15 is 0 Å². The minimum atomic E-state index is -0.122. The predicted octanol–water partition coefficient (Wildman–Crippen LogP) is 20.0. The fraction of sp³-hybridized carbons (Fsp3) is 0.278. The smallest absolute Gasteiger partial charge is 0.0568 e. The zero-order valence-electron chi connectivity index (χ0n) is 44.6. The molecule has 2 heteroatoms. The monoisotopic (exact) mass is 961 g/mol. The first-order valence-electron chi connectivity index (χ1n) is 27.6. The number of benzene rings is 10.